The molecule has 0 bridgehead atoms. The van der Waals surface area contributed by atoms with E-state index in [1.807, 2.05) is 4.68 Å². The monoisotopic (exact) mass is 368 g/mol. The van der Waals surface area contributed by atoms with Crippen LogP contribution < -0.4 is 0 Å². The van der Waals surface area contributed by atoms with Crippen LogP contribution in [0.3, 0.4) is 0 Å². The van der Waals surface area contributed by atoms with Gasteiger partial charge < -0.3 is 5.11 Å². The second-order valence-electron chi connectivity index (χ2n) is 8.25. The van der Waals surface area contributed by atoms with Crippen LogP contribution in [0.4, 0.5) is 0 Å². The second-order valence-corrected chi connectivity index (χ2v) is 8.25. The molecule has 1 saturated carbocycles. The Morgan fingerprint density at radius 2 is 1.93 bits per heavy atom. The van der Waals surface area contributed by atoms with Crippen molar-refractivity contribution in [2.24, 2.45) is 0 Å². The van der Waals surface area contributed by atoms with Gasteiger partial charge in [-0.2, -0.15) is 0 Å². The normalized spacial score (nSPS) is 26.4. The smallest absolute Gasteiger partial charge is 0.0892 e. The van der Waals surface area contributed by atoms with Gasteiger partial charge in [-0.25, -0.2) is 4.68 Å². The van der Waals surface area contributed by atoms with Crippen LogP contribution >= 0.6 is 0 Å². The number of hydrogen-bond acceptors (Lipinski definition) is 4. The summed E-state index contributed by atoms with van der Waals surface area (Å²) in [6, 6.07) is 11.1. The van der Waals surface area contributed by atoms with E-state index in [0.717, 1.165) is 18.7 Å². The fraction of sp³-hybridized carbons (Fsp3) is 0.636. The zero-order valence-corrected chi connectivity index (χ0v) is 16.4. The van der Waals surface area contributed by atoms with Crippen molar-refractivity contribution in [2.75, 3.05) is 13.1 Å². The van der Waals surface area contributed by atoms with Gasteiger partial charge in [-0.15, -0.1) is 5.10 Å². The van der Waals surface area contributed by atoms with E-state index in [-0.39, 0.29) is 6.04 Å². The van der Waals surface area contributed by atoms with Crippen molar-refractivity contribution in [2.45, 2.75) is 76.0 Å². The first kappa shape index (κ1) is 18.6. The Bertz CT molecular complexity index is 712. The summed E-state index contributed by atoms with van der Waals surface area (Å²) in [6.45, 7) is 4.00. The van der Waals surface area contributed by atoms with Gasteiger partial charge >= 0.3 is 0 Å². The molecule has 3 atom stereocenters. The van der Waals surface area contributed by atoms with E-state index in [1.54, 1.807) is 0 Å². The molecule has 2 heterocycles. The van der Waals surface area contributed by atoms with E-state index in [1.165, 1.54) is 44.1 Å². The number of benzene rings is 1. The third-order valence-corrected chi connectivity index (χ3v) is 6.12. The van der Waals surface area contributed by atoms with Crippen LogP contribution in [0, 0.1) is 0 Å². The van der Waals surface area contributed by atoms with Crippen LogP contribution in [0.15, 0.2) is 36.5 Å². The minimum Gasteiger partial charge on any atom is -0.390 e. The molecule has 5 heteroatoms. The van der Waals surface area contributed by atoms with Gasteiger partial charge in [0.05, 0.1) is 17.8 Å². The molecule has 0 spiro atoms. The second kappa shape index (κ2) is 8.53. The molecule has 27 heavy (non-hydrogen) atoms. The minimum absolute atomic E-state index is 0.00194. The van der Waals surface area contributed by atoms with Crippen molar-refractivity contribution in [3.8, 4) is 0 Å². The highest BCUT2D eigenvalue weighted by atomic mass is 16.3. The molecule has 0 radical (unpaired) electrons. The summed E-state index contributed by atoms with van der Waals surface area (Å²) >= 11 is 0. The highest BCUT2D eigenvalue weighted by Crippen LogP contribution is 2.40. The van der Waals surface area contributed by atoms with Gasteiger partial charge in [0.25, 0.3) is 0 Å². The molecule has 2 aliphatic rings. The third-order valence-electron chi connectivity index (χ3n) is 6.12. The van der Waals surface area contributed by atoms with Gasteiger partial charge in [0.15, 0.2) is 0 Å². The van der Waals surface area contributed by atoms with Crippen molar-refractivity contribution < 1.29 is 5.11 Å². The molecule has 1 saturated heterocycles. The molecule has 2 fully saturated rings. The summed E-state index contributed by atoms with van der Waals surface area (Å²) in [4.78, 5) is 2.48. The molecule has 1 aliphatic carbocycles. The van der Waals surface area contributed by atoms with Crippen LogP contribution in [-0.2, 0) is 0 Å². The van der Waals surface area contributed by atoms with E-state index in [9.17, 15) is 5.11 Å². The summed E-state index contributed by atoms with van der Waals surface area (Å²) in [7, 11) is 0. The summed E-state index contributed by atoms with van der Waals surface area (Å²) in [5.41, 5.74) is 2.44. The molecule has 146 valence electrons. The standard InChI is InChI=1S/C22H32N4O/c1-2-3-4-8-13-25-16-22(27)21(14-20(25)18-9-6-5-7-10-18)26-15-19(23-24-26)17-11-12-17/h5-7,9-10,15,17,20-22,27H,2-4,8,11-14,16H2,1H3/t20-,21+,22+/m0/s1. The maximum absolute atomic E-state index is 10.9. The van der Waals surface area contributed by atoms with Gasteiger partial charge in [0.2, 0.25) is 0 Å². The largest absolute Gasteiger partial charge is 0.390 e. The summed E-state index contributed by atoms with van der Waals surface area (Å²) in [5, 5.41) is 19.6. The quantitative estimate of drug-likeness (QED) is 0.713. The predicted octanol–water partition coefficient (Wildman–Crippen LogP) is 4.08. The Morgan fingerprint density at radius 3 is 2.67 bits per heavy atom. The first-order valence-corrected chi connectivity index (χ1v) is 10.6. The molecule has 1 N–H and O–H groups in total. The lowest BCUT2D eigenvalue weighted by molar-refractivity contribution is -0.0102. The molecule has 0 unspecified atom stereocenters. The van der Waals surface area contributed by atoms with Crippen molar-refractivity contribution in [3.63, 3.8) is 0 Å². The number of unbranched alkanes of at least 4 members (excludes halogenated alkanes) is 3. The van der Waals surface area contributed by atoms with Gasteiger partial charge in [-0.05, 0) is 37.8 Å². The van der Waals surface area contributed by atoms with Gasteiger partial charge in [0.1, 0.15) is 0 Å². The lowest BCUT2D eigenvalue weighted by Gasteiger charge is -2.42. The number of piperidine rings is 1. The van der Waals surface area contributed by atoms with Crippen molar-refractivity contribution in [1.29, 1.82) is 0 Å². The summed E-state index contributed by atoms with van der Waals surface area (Å²) in [6.07, 6.45) is 10.0. The third kappa shape index (κ3) is 4.41. The molecule has 1 aromatic carbocycles. The zero-order chi connectivity index (χ0) is 18.6. The predicted molar refractivity (Wildman–Crippen MR) is 107 cm³/mol. The number of hydrogen-bond donors (Lipinski definition) is 1. The van der Waals surface area contributed by atoms with Crippen LogP contribution in [0.5, 0.6) is 0 Å². The first-order chi connectivity index (χ1) is 13.3. The van der Waals surface area contributed by atoms with Crippen LogP contribution in [0.25, 0.3) is 0 Å². The average molecular weight is 369 g/mol. The van der Waals surface area contributed by atoms with Crippen molar-refractivity contribution >= 4 is 0 Å². The van der Waals surface area contributed by atoms with E-state index in [4.69, 9.17) is 0 Å². The average Bonchev–Trinajstić information content (AvgIpc) is 3.43. The zero-order valence-electron chi connectivity index (χ0n) is 16.4. The van der Waals surface area contributed by atoms with E-state index in [2.05, 4.69) is 58.7 Å². The maximum Gasteiger partial charge on any atom is 0.0892 e. The lowest BCUT2D eigenvalue weighted by atomic mass is 9.89. The molecule has 1 aromatic heterocycles. The number of rotatable bonds is 8. The molecule has 1 aliphatic heterocycles. The fourth-order valence-electron chi connectivity index (χ4n) is 4.34. The van der Waals surface area contributed by atoms with Crippen molar-refractivity contribution in [3.05, 3.63) is 47.8 Å². The number of likely N-dealkylation sites (tertiary alicyclic amines) is 1. The number of nitrogens with zero attached hydrogens (tertiary/aromatic N) is 4. The molecule has 5 nitrogen and oxygen atoms in total. The maximum atomic E-state index is 10.9. The number of β-amino-alcohol motifs (C(OH)–C–C–N with tert-alkyl or cyclic N) is 1. The molecule has 0 amide bonds. The highest BCUT2D eigenvalue weighted by Gasteiger charge is 2.37. The van der Waals surface area contributed by atoms with Gasteiger partial charge in [-0.3, -0.25) is 4.90 Å². The van der Waals surface area contributed by atoms with Crippen LogP contribution in [0.2, 0.25) is 0 Å². The van der Waals surface area contributed by atoms with Crippen molar-refractivity contribution in [1.82, 2.24) is 19.9 Å². The Balaban J connectivity index is 1.50. The molecular formula is C22H32N4O. The van der Waals surface area contributed by atoms with Crippen LogP contribution in [-0.4, -0.2) is 44.2 Å². The SMILES string of the molecule is CCCCCCN1C[C@@H](O)[C@H](n2cc(C3CC3)nn2)C[C@H]1c1ccccc1. The fourth-order valence-corrected chi connectivity index (χ4v) is 4.34. The Kier molecular flexibility index (Phi) is 5.89. The molecular weight excluding hydrogens is 336 g/mol. The van der Waals surface area contributed by atoms with Gasteiger partial charge in [-0.1, -0.05) is 61.7 Å². The first-order valence-electron chi connectivity index (χ1n) is 10.6. The number of aliphatic hydroxyl groups excluding tert-OH is 1. The molecule has 2 aromatic rings. The highest BCUT2D eigenvalue weighted by molar-refractivity contribution is 5.20. The van der Waals surface area contributed by atoms with E-state index >= 15 is 0 Å². The topological polar surface area (TPSA) is 54.2 Å². The summed E-state index contributed by atoms with van der Waals surface area (Å²) < 4.78 is 1.93. The van der Waals surface area contributed by atoms with E-state index in [0.29, 0.717) is 18.5 Å². The van der Waals surface area contributed by atoms with Crippen LogP contribution in [0.1, 0.15) is 81.1 Å². The Labute approximate surface area is 162 Å². The summed E-state index contributed by atoms with van der Waals surface area (Å²) in [5.74, 6) is 0.597. The van der Waals surface area contributed by atoms with Gasteiger partial charge in [0, 0.05) is 24.7 Å². The minimum atomic E-state index is -0.398. The number of aliphatic hydroxyl groups is 1. The number of aromatic nitrogens is 3. The van der Waals surface area contributed by atoms with E-state index < -0.39 is 6.10 Å². The lowest BCUT2D eigenvalue weighted by Crippen LogP contribution is -2.46. The molecule has 4 rings (SSSR count). The Morgan fingerprint density at radius 1 is 1.11 bits per heavy atom. The Hall–Kier alpha value is -1.72.